The molecule has 1 aromatic heterocycles. The number of benzene rings is 2. The molecule has 1 amide bonds. The van der Waals surface area contributed by atoms with E-state index in [1.165, 1.54) is 23.5 Å². The lowest BCUT2D eigenvalue weighted by molar-refractivity contribution is -0.122. The summed E-state index contributed by atoms with van der Waals surface area (Å²) in [5.41, 5.74) is 2.41. The van der Waals surface area contributed by atoms with Crippen LogP contribution in [-0.4, -0.2) is 43.3 Å². The van der Waals surface area contributed by atoms with E-state index in [1.807, 2.05) is 41.5 Å². The number of hydrogen-bond donors (Lipinski definition) is 1. The molecule has 1 saturated heterocycles. The van der Waals surface area contributed by atoms with E-state index in [4.69, 9.17) is 14.5 Å². The fourth-order valence-corrected chi connectivity index (χ4v) is 4.82. The Hall–Kier alpha value is -2.97. The van der Waals surface area contributed by atoms with E-state index < -0.39 is 6.04 Å². The van der Waals surface area contributed by atoms with E-state index in [0.29, 0.717) is 18.1 Å². The van der Waals surface area contributed by atoms with Crippen LogP contribution < -0.4 is 15.0 Å². The Morgan fingerprint density at radius 2 is 2.03 bits per heavy atom. The second-order valence-corrected chi connectivity index (χ2v) is 8.73. The van der Waals surface area contributed by atoms with Crippen LogP contribution in [0.3, 0.4) is 0 Å². The highest BCUT2D eigenvalue weighted by Gasteiger charge is 2.29. The molecular weight excluding hydrogens is 441 g/mol. The first-order chi connectivity index (χ1) is 16.1. The van der Waals surface area contributed by atoms with E-state index >= 15 is 0 Å². The Balaban J connectivity index is 1.63. The molecule has 4 rings (SSSR count). The SMILES string of the molecule is CC[C@@H](C(=O)NC[C@H]1CCCO1)N(c1ccc(OC)cc1)c1nc(-c2ccc(F)cc2)cs1. The van der Waals surface area contributed by atoms with Crippen molar-refractivity contribution in [2.24, 2.45) is 0 Å². The molecule has 0 radical (unpaired) electrons. The van der Waals surface area contributed by atoms with Crippen LogP contribution in [0.4, 0.5) is 15.2 Å². The van der Waals surface area contributed by atoms with Crippen molar-refractivity contribution in [1.29, 1.82) is 0 Å². The number of hydrogen-bond acceptors (Lipinski definition) is 6. The van der Waals surface area contributed by atoms with Gasteiger partial charge in [-0.15, -0.1) is 11.3 Å². The molecule has 0 bridgehead atoms. The first-order valence-electron chi connectivity index (χ1n) is 11.1. The molecular formula is C25H28FN3O3S. The minimum absolute atomic E-state index is 0.0673. The number of halogens is 1. The molecule has 2 aromatic carbocycles. The monoisotopic (exact) mass is 469 g/mol. The van der Waals surface area contributed by atoms with E-state index in [1.54, 1.807) is 19.2 Å². The van der Waals surface area contributed by atoms with Gasteiger partial charge in [0, 0.05) is 29.8 Å². The molecule has 0 saturated carbocycles. The van der Waals surface area contributed by atoms with Gasteiger partial charge < -0.3 is 19.7 Å². The van der Waals surface area contributed by atoms with Gasteiger partial charge in [-0.25, -0.2) is 9.37 Å². The van der Waals surface area contributed by atoms with Crippen molar-refractivity contribution in [2.45, 2.75) is 38.3 Å². The van der Waals surface area contributed by atoms with Gasteiger partial charge in [0.05, 0.1) is 18.9 Å². The summed E-state index contributed by atoms with van der Waals surface area (Å²) in [5.74, 6) is 0.381. The number of thiazole rings is 1. The average Bonchev–Trinajstić information content (AvgIpc) is 3.54. The first-order valence-corrected chi connectivity index (χ1v) is 12.0. The minimum atomic E-state index is -0.452. The summed E-state index contributed by atoms with van der Waals surface area (Å²) in [6.07, 6.45) is 2.66. The van der Waals surface area contributed by atoms with Gasteiger partial charge in [-0.3, -0.25) is 4.79 Å². The lowest BCUT2D eigenvalue weighted by Crippen LogP contribution is -2.46. The van der Waals surface area contributed by atoms with Gasteiger partial charge in [-0.1, -0.05) is 6.92 Å². The summed E-state index contributed by atoms with van der Waals surface area (Å²) < 4.78 is 24.3. The topological polar surface area (TPSA) is 63.7 Å². The van der Waals surface area contributed by atoms with Crippen molar-refractivity contribution in [1.82, 2.24) is 10.3 Å². The number of rotatable bonds is 9. The number of ether oxygens (including phenoxy) is 2. The normalized spacial score (nSPS) is 16.4. The lowest BCUT2D eigenvalue weighted by atomic mass is 10.1. The zero-order valence-electron chi connectivity index (χ0n) is 18.8. The van der Waals surface area contributed by atoms with Crippen LogP contribution in [0.2, 0.25) is 0 Å². The third-order valence-corrected chi connectivity index (χ3v) is 6.56. The predicted molar refractivity (Wildman–Crippen MR) is 129 cm³/mol. The second-order valence-electron chi connectivity index (χ2n) is 7.89. The van der Waals surface area contributed by atoms with Crippen molar-refractivity contribution >= 4 is 28.1 Å². The van der Waals surface area contributed by atoms with E-state index in [9.17, 15) is 9.18 Å². The highest BCUT2D eigenvalue weighted by Crippen LogP contribution is 2.35. The molecule has 33 heavy (non-hydrogen) atoms. The minimum Gasteiger partial charge on any atom is -0.497 e. The van der Waals surface area contributed by atoms with Crippen LogP contribution in [0.25, 0.3) is 11.3 Å². The molecule has 1 N–H and O–H groups in total. The fraction of sp³-hybridized carbons (Fsp3) is 0.360. The summed E-state index contributed by atoms with van der Waals surface area (Å²) in [6.45, 7) is 3.24. The Kier molecular flexibility index (Phi) is 7.57. The smallest absolute Gasteiger partial charge is 0.243 e. The average molecular weight is 470 g/mol. The molecule has 6 nitrogen and oxygen atoms in total. The van der Waals surface area contributed by atoms with E-state index in [-0.39, 0.29) is 17.8 Å². The highest BCUT2D eigenvalue weighted by molar-refractivity contribution is 7.14. The Morgan fingerprint density at radius 3 is 2.67 bits per heavy atom. The molecule has 8 heteroatoms. The van der Waals surface area contributed by atoms with E-state index in [2.05, 4.69) is 5.32 Å². The maximum Gasteiger partial charge on any atom is 0.243 e. The van der Waals surface area contributed by atoms with Crippen LogP contribution >= 0.6 is 11.3 Å². The number of anilines is 2. The highest BCUT2D eigenvalue weighted by atomic mass is 32.1. The zero-order valence-corrected chi connectivity index (χ0v) is 19.6. The molecule has 1 aliphatic rings. The number of carbonyl (C=O) groups is 1. The van der Waals surface area contributed by atoms with Crippen molar-refractivity contribution in [3.8, 4) is 17.0 Å². The number of nitrogens with one attached hydrogen (secondary N) is 1. The largest absolute Gasteiger partial charge is 0.497 e. The van der Waals surface area contributed by atoms with Crippen LogP contribution in [0.5, 0.6) is 5.75 Å². The molecule has 2 heterocycles. The summed E-state index contributed by atoms with van der Waals surface area (Å²) in [6, 6.07) is 13.4. The molecule has 0 spiro atoms. The van der Waals surface area contributed by atoms with Crippen LogP contribution in [-0.2, 0) is 9.53 Å². The molecule has 1 aliphatic heterocycles. The van der Waals surface area contributed by atoms with Gasteiger partial charge in [-0.2, -0.15) is 0 Å². The molecule has 174 valence electrons. The lowest BCUT2D eigenvalue weighted by Gasteiger charge is -2.30. The van der Waals surface area contributed by atoms with Crippen molar-refractivity contribution in [3.05, 3.63) is 59.7 Å². The van der Waals surface area contributed by atoms with Crippen molar-refractivity contribution in [3.63, 3.8) is 0 Å². The third-order valence-electron chi connectivity index (χ3n) is 5.72. The first kappa shape index (κ1) is 23.2. The van der Waals surface area contributed by atoms with Crippen molar-refractivity contribution in [2.75, 3.05) is 25.2 Å². The summed E-state index contributed by atoms with van der Waals surface area (Å²) in [5, 5.41) is 5.69. The molecule has 0 unspecified atom stereocenters. The van der Waals surface area contributed by atoms with Gasteiger partial charge in [0.25, 0.3) is 0 Å². The molecule has 0 aliphatic carbocycles. The number of methoxy groups -OCH3 is 1. The Morgan fingerprint density at radius 1 is 1.27 bits per heavy atom. The molecule has 3 aromatic rings. The standard InChI is InChI=1S/C25H28FN3O3S/c1-3-23(24(30)27-15-21-5-4-14-32-21)29(19-10-12-20(31-2)13-11-19)25-28-22(16-33-25)17-6-8-18(26)9-7-17/h6-13,16,21,23H,3-5,14-15H2,1-2H3,(H,27,30)/t21-,23+/m1/s1. The Bertz CT molecular complexity index is 1050. The summed E-state index contributed by atoms with van der Waals surface area (Å²) in [7, 11) is 1.62. The number of aromatic nitrogens is 1. The number of nitrogens with zero attached hydrogens (tertiary/aromatic N) is 2. The van der Waals surface area contributed by atoms with Gasteiger partial charge in [0.2, 0.25) is 5.91 Å². The molecule has 1 fully saturated rings. The van der Waals surface area contributed by atoms with Gasteiger partial charge >= 0.3 is 0 Å². The fourth-order valence-electron chi connectivity index (χ4n) is 3.92. The number of amides is 1. The number of carbonyl (C=O) groups excluding carboxylic acids is 1. The quantitative estimate of drug-likeness (QED) is 0.468. The van der Waals surface area contributed by atoms with E-state index in [0.717, 1.165) is 42.1 Å². The third kappa shape index (κ3) is 5.51. The van der Waals surface area contributed by atoms with Crippen LogP contribution in [0.15, 0.2) is 53.9 Å². The van der Waals surface area contributed by atoms with Crippen LogP contribution in [0.1, 0.15) is 26.2 Å². The second kappa shape index (κ2) is 10.8. The van der Waals surface area contributed by atoms with Crippen molar-refractivity contribution < 1.29 is 18.7 Å². The van der Waals surface area contributed by atoms with Gasteiger partial charge in [0.15, 0.2) is 5.13 Å². The maximum absolute atomic E-state index is 13.4. The van der Waals surface area contributed by atoms with Gasteiger partial charge in [0.1, 0.15) is 17.6 Å². The Labute approximate surface area is 197 Å². The van der Waals surface area contributed by atoms with Gasteiger partial charge in [-0.05, 0) is 67.8 Å². The molecule has 2 atom stereocenters. The maximum atomic E-state index is 13.4. The zero-order chi connectivity index (χ0) is 23.2. The van der Waals surface area contributed by atoms with Crippen LogP contribution in [0, 0.1) is 5.82 Å². The summed E-state index contributed by atoms with van der Waals surface area (Å²) in [4.78, 5) is 20.0. The summed E-state index contributed by atoms with van der Waals surface area (Å²) >= 11 is 1.45. The predicted octanol–water partition coefficient (Wildman–Crippen LogP) is 5.17.